The predicted molar refractivity (Wildman–Crippen MR) is 35.1 cm³/mol. The SMILES string of the molecule is CCOC(=S)S.[Na+].[OH-]. The van der Waals surface area contributed by atoms with Gasteiger partial charge in [-0.05, 0) is 19.1 Å². The van der Waals surface area contributed by atoms with Crippen molar-refractivity contribution in [2.75, 3.05) is 6.61 Å². The largest absolute Gasteiger partial charge is 1.00 e. The predicted octanol–water partition coefficient (Wildman–Crippen LogP) is -1.94. The molecule has 0 aliphatic heterocycles. The van der Waals surface area contributed by atoms with E-state index in [1.54, 1.807) is 0 Å². The summed E-state index contributed by atoms with van der Waals surface area (Å²) in [7, 11) is 0. The molecule has 0 aromatic heterocycles. The molecular formula is C3H7NaO2S2. The van der Waals surface area contributed by atoms with Crippen molar-refractivity contribution in [3.63, 3.8) is 0 Å². The van der Waals surface area contributed by atoms with Crippen LogP contribution in [0.25, 0.3) is 0 Å². The van der Waals surface area contributed by atoms with Gasteiger partial charge in [0.05, 0.1) is 6.61 Å². The van der Waals surface area contributed by atoms with Crippen LogP contribution in [0.5, 0.6) is 0 Å². The molecule has 0 fully saturated rings. The second kappa shape index (κ2) is 11.1. The molecule has 0 aromatic carbocycles. The molecule has 0 spiro atoms. The van der Waals surface area contributed by atoms with Crippen LogP contribution < -0.4 is 29.6 Å². The van der Waals surface area contributed by atoms with E-state index in [-0.39, 0.29) is 35.0 Å². The van der Waals surface area contributed by atoms with Crippen LogP contribution in [0.3, 0.4) is 0 Å². The zero-order valence-corrected chi connectivity index (χ0v) is 8.63. The van der Waals surface area contributed by atoms with Gasteiger partial charge in [-0.15, -0.1) is 0 Å². The van der Waals surface area contributed by atoms with Gasteiger partial charge in [0.15, 0.2) is 0 Å². The number of ether oxygens (including phenoxy) is 1. The van der Waals surface area contributed by atoms with Crippen LogP contribution in [0.15, 0.2) is 0 Å². The van der Waals surface area contributed by atoms with Crippen molar-refractivity contribution in [2.45, 2.75) is 6.92 Å². The number of hydrogen-bond acceptors (Lipinski definition) is 3. The molecule has 0 rings (SSSR count). The molecule has 0 amide bonds. The second-order valence-electron chi connectivity index (χ2n) is 0.699. The van der Waals surface area contributed by atoms with Crippen LogP contribution in [-0.2, 0) is 4.74 Å². The van der Waals surface area contributed by atoms with Crippen molar-refractivity contribution in [1.82, 2.24) is 0 Å². The zero-order valence-electron chi connectivity index (χ0n) is 4.92. The quantitative estimate of drug-likeness (QED) is 0.277. The normalized spacial score (nSPS) is 5.75. The van der Waals surface area contributed by atoms with Gasteiger partial charge in [-0.1, -0.05) is 12.6 Å². The van der Waals surface area contributed by atoms with Crippen molar-refractivity contribution in [3.05, 3.63) is 0 Å². The molecule has 0 aliphatic rings. The summed E-state index contributed by atoms with van der Waals surface area (Å²) < 4.78 is 4.95. The summed E-state index contributed by atoms with van der Waals surface area (Å²) in [6.07, 6.45) is 0. The van der Waals surface area contributed by atoms with Crippen molar-refractivity contribution in [2.24, 2.45) is 0 Å². The van der Waals surface area contributed by atoms with E-state index in [2.05, 4.69) is 29.6 Å². The summed E-state index contributed by atoms with van der Waals surface area (Å²) in [6, 6.07) is 0. The van der Waals surface area contributed by atoms with Gasteiger partial charge in [0.2, 0.25) is 4.38 Å². The topological polar surface area (TPSA) is 39.2 Å². The third kappa shape index (κ3) is 15.7. The number of thiol groups is 1. The first kappa shape index (κ1) is 16.1. The fourth-order valence-electron chi connectivity index (χ4n) is 0.123. The maximum atomic E-state index is 4.64. The number of hydrogen-bond donors (Lipinski definition) is 1. The standard InChI is InChI=1S/C3H6OS2.Na.H2O/c1-2-4-3(5)6;;/h2H2,1H3,(H,5,6);;1H2/q;+1;/p-1. The first-order chi connectivity index (χ1) is 2.77. The molecule has 5 heteroatoms. The Balaban J connectivity index is -0.000000125. The summed E-state index contributed by atoms with van der Waals surface area (Å²) in [5.74, 6) is 0. The summed E-state index contributed by atoms with van der Waals surface area (Å²) in [6.45, 7) is 2.48. The van der Waals surface area contributed by atoms with Crippen LogP contribution in [0.4, 0.5) is 0 Å². The second-order valence-corrected chi connectivity index (χ2v) is 1.78. The van der Waals surface area contributed by atoms with Crippen LogP contribution in [0, 0.1) is 0 Å². The van der Waals surface area contributed by atoms with Gasteiger partial charge in [-0.25, -0.2) is 0 Å². The molecule has 0 radical (unpaired) electrons. The van der Waals surface area contributed by atoms with Crippen molar-refractivity contribution in [1.29, 1.82) is 0 Å². The molecule has 0 saturated heterocycles. The van der Waals surface area contributed by atoms with Crippen LogP contribution in [0.1, 0.15) is 6.92 Å². The van der Waals surface area contributed by atoms with Gasteiger partial charge < -0.3 is 10.2 Å². The molecule has 8 heavy (non-hydrogen) atoms. The Morgan fingerprint density at radius 3 is 2.12 bits per heavy atom. The van der Waals surface area contributed by atoms with E-state index in [9.17, 15) is 0 Å². The van der Waals surface area contributed by atoms with E-state index in [1.807, 2.05) is 6.92 Å². The van der Waals surface area contributed by atoms with E-state index in [1.165, 1.54) is 0 Å². The van der Waals surface area contributed by atoms with Gasteiger partial charge in [-0.2, -0.15) is 0 Å². The summed E-state index contributed by atoms with van der Waals surface area (Å²) in [5.41, 5.74) is 0. The minimum atomic E-state index is 0. The maximum Gasteiger partial charge on any atom is 1.00 e. The Hall–Kier alpha value is 1.20. The van der Waals surface area contributed by atoms with Gasteiger partial charge in [0.25, 0.3) is 0 Å². The van der Waals surface area contributed by atoms with E-state index < -0.39 is 0 Å². The van der Waals surface area contributed by atoms with Crippen LogP contribution in [-0.4, -0.2) is 16.5 Å². The van der Waals surface area contributed by atoms with Gasteiger partial charge in [0, 0.05) is 0 Å². The number of thiocarbonyl (C=S) groups is 1. The Morgan fingerprint density at radius 1 is 1.75 bits per heavy atom. The average Bonchev–Trinajstić information content (AvgIpc) is 1.35. The number of rotatable bonds is 1. The van der Waals surface area contributed by atoms with Crippen molar-refractivity contribution < 1.29 is 39.8 Å². The average molecular weight is 162 g/mol. The van der Waals surface area contributed by atoms with Crippen LogP contribution in [0.2, 0.25) is 0 Å². The molecular weight excluding hydrogens is 155 g/mol. The summed E-state index contributed by atoms with van der Waals surface area (Å²) >= 11 is 8.12. The molecule has 2 nitrogen and oxygen atoms in total. The van der Waals surface area contributed by atoms with E-state index in [0.29, 0.717) is 11.0 Å². The Kier molecular flexibility index (Phi) is 22.2. The van der Waals surface area contributed by atoms with E-state index >= 15 is 0 Å². The van der Waals surface area contributed by atoms with Gasteiger partial charge in [0.1, 0.15) is 0 Å². The van der Waals surface area contributed by atoms with E-state index in [4.69, 9.17) is 0 Å². The third-order valence-corrected chi connectivity index (χ3v) is 0.515. The Labute approximate surface area is 82.0 Å². The molecule has 0 unspecified atom stereocenters. The molecule has 0 aromatic rings. The molecule has 1 N–H and O–H groups in total. The summed E-state index contributed by atoms with van der Waals surface area (Å²) in [5, 5.41) is 0. The fourth-order valence-corrected chi connectivity index (χ4v) is 0.370. The molecule has 0 saturated carbocycles. The molecule has 0 bridgehead atoms. The third-order valence-electron chi connectivity index (χ3n) is 0.268. The fraction of sp³-hybridized carbons (Fsp3) is 0.667. The van der Waals surface area contributed by atoms with E-state index in [0.717, 1.165) is 0 Å². The summed E-state index contributed by atoms with van der Waals surface area (Å²) in [4.78, 5) is 0. The van der Waals surface area contributed by atoms with Crippen molar-refractivity contribution >= 4 is 29.2 Å². The Morgan fingerprint density at radius 2 is 2.12 bits per heavy atom. The Bertz CT molecular complexity index is 59.2. The minimum absolute atomic E-state index is 0. The smallest absolute Gasteiger partial charge is 0.870 e. The first-order valence-electron chi connectivity index (χ1n) is 1.63. The van der Waals surface area contributed by atoms with Gasteiger partial charge >= 0.3 is 29.6 Å². The molecule has 0 aliphatic carbocycles. The first-order valence-corrected chi connectivity index (χ1v) is 2.48. The van der Waals surface area contributed by atoms with Gasteiger partial charge in [-0.3, -0.25) is 0 Å². The molecule has 0 atom stereocenters. The zero-order chi connectivity index (χ0) is 4.99. The minimum Gasteiger partial charge on any atom is -0.870 e. The molecule has 44 valence electrons. The van der Waals surface area contributed by atoms with Crippen LogP contribution >= 0.6 is 24.8 Å². The molecule has 0 heterocycles. The monoisotopic (exact) mass is 162 g/mol. The maximum absolute atomic E-state index is 4.64. The van der Waals surface area contributed by atoms with Crippen molar-refractivity contribution in [3.8, 4) is 0 Å².